The zero-order valence-electron chi connectivity index (χ0n) is 12.4. The number of rotatable bonds is 5. The predicted octanol–water partition coefficient (Wildman–Crippen LogP) is 3.97. The number of hydrogen-bond donors (Lipinski definition) is 1. The largest absolute Gasteiger partial charge is 0.388 e. The van der Waals surface area contributed by atoms with Crippen LogP contribution in [0.2, 0.25) is 0 Å². The molecular formula is C19H20O2. The lowest BCUT2D eigenvalue weighted by Crippen LogP contribution is -2.23. The Labute approximate surface area is 125 Å². The summed E-state index contributed by atoms with van der Waals surface area (Å²) in [6.07, 6.45) is 0.998. The van der Waals surface area contributed by atoms with Gasteiger partial charge in [-0.3, -0.25) is 4.79 Å². The molecule has 0 aliphatic heterocycles. The summed E-state index contributed by atoms with van der Waals surface area (Å²) in [7, 11) is 0. The quantitative estimate of drug-likeness (QED) is 0.664. The number of carbonyl (C=O) groups excluding carboxylic acids is 1. The Balaban J connectivity index is 2.42. The van der Waals surface area contributed by atoms with Crippen LogP contribution >= 0.6 is 0 Å². The van der Waals surface area contributed by atoms with Crippen LogP contribution in [-0.2, 0) is 0 Å². The molecule has 0 aliphatic carbocycles. The van der Waals surface area contributed by atoms with Crippen LogP contribution in [-0.4, -0.2) is 17.0 Å². The smallest absolute Gasteiger partial charge is 0.191 e. The number of benzene rings is 2. The molecule has 0 saturated carbocycles. The molecule has 1 unspecified atom stereocenters. The van der Waals surface area contributed by atoms with Crippen molar-refractivity contribution >= 4 is 11.9 Å². The normalized spacial score (nSPS) is 13.2. The van der Waals surface area contributed by atoms with Gasteiger partial charge in [0.1, 0.15) is 0 Å². The van der Waals surface area contributed by atoms with Gasteiger partial charge in [-0.2, -0.15) is 0 Å². The molecule has 0 spiro atoms. The first-order chi connectivity index (χ1) is 10.1. The third-order valence-corrected chi connectivity index (χ3v) is 3.37. The Kier molecular flexibility index (Phi) is 5.07. The van der Waals surface area contributed by atoms with Gasteiger partial charge in [-0.15, -0.1) is 0 Å². The Morgan fingerprint density at radius 2 is 1.48 bits per heavy atom. The van der Waals surface area contributed by atoms with E-state index in [1.807, 2.05) is 62.4 Å². The van der Waals surface area contributed by atoms with E-state index < -0.39 is 6.10 Å². The van der Waals surface area contributed by atoms with Crippen molar-refractivity contribution in [2.75, 3.05) is 0 Å². The molecule has 0 amide bonds. The average Bonchev–Trinajstić information content (AvgIpc) is 2.53. The summed E-state index contributed by atoms with van der Waals surface area (Å²) in [6, 6.07) is 18.7. The topological polar surface area (TPSA) is 37.3 Å². The molecule has 2 heteroatoms. The van der Waals surface area contributed by atoms with E-state index in [-0.39, 0.29) is 11.7 Å². The highest BCUT2D eigenvalue weighted by Gasteiger charge is 2.22. The molecular weight excluding hydrogens is 260 g/mol. The highest BCUT2D eigenvalue weighted by molar-refractivity contribution is 6.12. The molecule has 2 aromatic rings. The van der Waals surface area contributed by atoms with Gasteiger partial charge in [0, 0.05) is 11.1 Å². The number of carbonyl (C=O) groups is 1. The zero-order chi connectivity index (χ0) is 15.2. The van der Waals surface area contributed by atoms with Crippen molar-refractivity contribution in [3.63, 3.8) is 0 Å². The van der Waals surface area contributed by atoms with E-state index in [1.165, 1.54) is 0 Å². The molecule has 0 aromatic heterocycles. The summed E-state index contributed by atoms with van der Waals surface area (Å²) in [5.41, 5.74) is 1.94. The highest BCUT2D eigenvalue weighted by Crippen LogP contribution is 2.20. The zero-order valence-corrected chi connectivity index (χ0v) is 12.4. The Morgan fingerprint density at radius 3 is 2.00 bits per heavy atom. The molecule has 0 radical (unpaired) electrons. The lowest BCUT2D eigenvalue weighted by Gasteiger charge is -2.18. The molecule has 0 fully saturated rings. The summed E-state index contributed by atoms with van der Waals surface area (Å²) < 4.78 is 0. The van der Waals surface area contributed by atoms with E-state index >= 15 is 0 Å². The summed E-state index contributed by atoms with van der Waals surface area (Å²) in [5, 5.41) is 10.4. The third-order valence-electron chi connectivity index (χ3n) is 3.37. The molecule has 2 nitrogen and oxygen atoms in total. The molecule has 0 bridgehead atoms. The van der Waals surface area contributed by atoms with Gasteiger partial charge in [-0.05, 0) is 17.6 Å². The van der Waals surface area contributed by atoms with E-state index in [0.29, 0.717) is 11.1 Å². The molecule has 1 atom stereocenters. The fourth-order valence-electron chi connectivity index (χ4n) is 2.13. The molecule has 0 heterocycles. The number of aliphatic hydroxyl groups is 1. The van der Waals surface area contributed by atoms with Crippen molar-refractivity contribution in [1.29, 1.82) is 0 Å². The van der Waals surface area contributed by atoms with Crippen LogP contribution < -0.4 is 0 Å². The molecule has 2 aromatic carbocycles. The predicted molar refractivity (Wildman–Crippen MR) is 86.0 cm³/mol. The van der Waals surface area contributed by atoms with Crippen molar-refractivity contribution < 1.29 is 9.90 Å². The van der Waals surface area contributed by atoms with Gasteiger partial charge >= 0.3 is 0 Å². The van der Waals surface area contributed by atoms with Gasteiger partial charge in [0.25, 0.3) is 0 Å². The first-order valence-electron chi connectivity index (χ1n) is 7.14. The minimum atomic E-state index is -0.780. The van der Waals surface area contributed by atoms with Crippen LogP contribution in [0.5, 0.6) is 0 Å². The minimum Gasteiger partial charge on any atom is -0.388 e. The fourth-order valence-corrected chi connectivity index (χ4v) is 2.13. The maximum absolute atomic E-state index is 12.7. The van der Waals surface area contributed by atoms with E-state index in [1.54, 1.807) is 18.2 Å². The lowest BCUT2D eigenvalue weighted by atomic mass is 9.91. The van der Waals surface area contributed by atoms with Crippen LogP contribution in [0.3, 0.4) is 0 Å². The Hall–Kier alpha value is -2.19. The number of aliphatic hydroxyl groups excluding tert-OH is 1. The fraction of sp³-hybridized carbons (Fsp3) is 0.211. The number of ketones is 1. The van der Waals surface area contributed by atoms with E-state index in [9.17, 15) is 9.90 Å². The maximum atomic E-state index is 12.7. The molecule has 2 rings (SSSR count). The molecule has 1 N–H and O–H groups in total. The van der Waals surface area contributed by atoms with Gasteiger partial charge < -0.3 is 5.11 Å². The van der Waals surface area contributed by atoms with Crippen molar-refractivity contribution in [2.45, 2.75) is 20.0 Å². The third kappa shape index (κ3) is 3.89. The van der Waals surface area contributed by atoms with E-state index in [4.69, 9.17) is 0 Å². The van der Waals surface area contributed by atoms with Crippen molar-refractivity contribution in [2.24, 2.45) is 5.92 Å². The van der Waals surface area contributed by atoms with Gasteiger partial charge in [0.2, 0.25) is 0 Å². The van der Waals surface area contributed by atoms with Crippen LogP contribution in [0.1, 0.15) is 29.8 Å². The van der Waals surface area contributed by atoms with Crippen LogP contribution in [0.15, 0.2) is 66.2 Å². The summed E-state index contributed by atoms with van der Waals surface area (Å²) in [4.78, 5) is 12.7. The second kappa shape index (κ2) is 7.00. The highest BCUT2D eigenvalue weighted by atomic mass is 16.3. The van der Waals surface area contributed by atoms with E-state index in [2.05, 4.69) is 0 Å². The van der Waals surface area contributed by atoms with Crippen LogP contribution in [0.25, 0.3) is 6.08 Å². The van der Waals surface area contributed by atoms with Gasteiger partial charge in [-0.25, -0.2) is 0 Å². The monoisotopic (exact) mass is 280 g/mol. The maximum Gasteiger partial charge on any atom is 0.191 e. The molecule has 108 valence electrons. The average molecular weight is 280 g/mol. The van der Waals surface area contributed by atoms with Crippen LogP contribution in [0.4, 0.5) is 0 Å². The summed E-state index contributed by atoms with van der Waals surface area (Å²) in [5.74, 6) is -0.145. The number of Topliss-reactive ketones (excluding diaryl/α,β-unsaturated/α-hetero) is 1. The summed E-state index contributed by atoms with van der Waals surface area (Å²) >= 11 is 0. The SMILES string of the molecule is CC(C)C(O)/C(=C/c1ccccc1)C(=O)c1ccccc1. The number of hydrogen-bond acceptors (Lipinski definition) is 2. The van der Waals surface area contributed by atoms with E-state index in [0.717, 1.165) is 5.56 Å². The van der Waals surface area contributed by atoms with Gasteiger partial charge in [0.15, 0.2) is 5.78 Å². The first kappa shape index (κ1) is 15.2. The minimum absolute atomic E-state index is 0.0207. The second-order valence-corrected chi connectivity index (χ2v) is 5.39. The lowest BCUT2D eigenvalue weighted by molar-refractivity contribution is 0.0957. The first-order valence-corrected chi connectivity index (χ1v) is 7.14. The molecule has 0 aliphatic rings. The standard InChI is InChI=1S/C19H20O2/c1-14(2)18(20)17(13-15-9-5-3-6-10-15)19(21)16-11-7-4-8-12-16/h3-14,18,20H,1-2H3/b17-13-. The van der Waals surface area contributed by atoms with Crippen molar-refractivity contribution in [1.82, 2.24) is 0 Å². The second-order valence-electron chi connectivity index (χ2n) is 5.39. The van der Waals surface area contributed by atoms with Gasteiger partial charge in [-0.1, -0.05) is 74.5 Å². The molecule has 0 saturated heterocycles. The van der Waals surface area contributed by atoms with Gasteiger partial charge in [0.05, 0.1) is 6.10 Å². The Bertz CT molecular complexity index is 613. The molecule has 21 heavy (non-hydrogen) atoms. The van der Waals surface area contributed by atoms with Crippen LogP contribution in [0, 0.1) is 5.92 Å². The summed E-state index contributed by atoms with van der Waals surface area (Å²) in [6.45, 7) is 3.81. The van der Waals surface area contributed by atoms with Crippen molar-refractivity contribution in [3.8, 4) is 0 Å². The van der Waals surface area contributed by atoms with Crippen molar-refractivity contribution in [3.05, 3.63) is 77.4 Å². The Morgan fingerprint density at radius 1 is 0.952 bits per heavy atom.